The molecule has 0 bridgehead atoms. The van der Waals surface area contributed by atoms with Crippen LogP contribution in [-0.4, -0.2) is 5.16 Å². The number of rotatable bonds is 2. The largest absolute Gasteiger partial charge is 0.380 e. The maximum atomic E-state index is 5.95. The molecule has 5 heteroatoms. The fourth-order valence-corrected chi connectivity index (χ4v) is 2.44. The molecule has 14 heavy (non-hydrogen) atoms. The molecule has 2 rings (SSSR count). The van der Waals surface area contributed by atoms with Crippen LogP contribution in [0.15, 0.2) is 16.0 Å². The zero-order valence-corrected chi connectivity index (χ0v) is 9.15. The quantitative estimate of drug-likeness (QED) is 0.859. The van der Waals surface area contributed by atoms with Gasteiger partial charge in [0.05, 0.1) is 4.88 Å². The lowest BCUT2D eigenvalue weighted by molar-refractivity contribution is 0.436. The number of nitrogen functional groups attached to an aromatic ring is 1. The molecule has 0 amide bonds. The van der Waals surface area contributed by atoms with E-state index in [1.165, 1.54) is 5.56 Å². The zero-order chi connectivity index (χ0) is 10.1. The van der Waals surface area contributed by atoms with E-state index in [2.05, 4.69) is 18.1 Å². The summed E-state index contributed by atoms with van der Waals surface area (Å²) in [7, 11) is 0. The van der Waals surface area contributed by atoms with Gasteiger partial charge in [-0.2, -0.15) is 0 Å². The molecular weight excluding hydrogens is 220 g/mol. The standard InChI is InChI=1S/C9H9ClN2OS/c1-2-5-3-4-14-8(5)7-6(10)9(11)12-13-7/h3-4H,2H2,1H3,(H2,11,12). The number of halogens is 1. The predicted octanol–water partition coefficient (Wildman–Crippen LogP) is 3.20. The first-order chi connectivity index (χ1) is 6.74. The smallest absolute Gasteiger partial charge is 0.197 e. The van der Waals surface area contributed by atoms with E-state index in [0.29, 0.717) is 10.8 Å². The van der Waals surface area contributed by atoms with E-state index in [0.717, 1.165) is 11.3 Å². The number of hydrogen-bond acceptors (Lipinski definition) is 4. The molecule has 0 radical (unpaired) electrons. The highest BCUT2D eigenvalue weighted by Crippen LogP contribution is 2.37. The van der Waals surface area contributed by atoms with Crippen molar-refractivity contribution in [2.75, 3.05) is 5.73 Å². The van der Waals surface area contributed by atoms with Crippen molar-refractivity contribution in [2.45, 2.75) is 13.3 Å². The summed E-state index contributed by atoms with van der Waals surface area (Å²) in [5.41, 5.74) is 6.71. The van der Waals surface area contributed by atoms with Crippen LogP contribution in [-0.2, 0) is 6.42 Å². The summed E-state index contributed by atoms with van der Waals surface area (Å²) in [6, 6.07) is 2.05. The third-order valence-electron chi connectivity index (χ3n) is 1.99. The van der Waals surface area contributed by atoms with Crippen molar-refractivity contribution in [3.63, 3.8) is 0 Å². The molecule has 0 unspecified atom stereocenters. The molecule has 0 spiro atoms. The summed E-state index contributed by atoms with van der Waals surface area (Å²) in [5, 5.41) is 6.03. The van der Waals surface area contributed by atoms with Crippen molar-refractivity contribution >= 4 is 28.8 Å². The van der Waals surface area contributed by atoms with Crippen molar-refractivity contribution in [1.82, 2.24) is 5.16 Å². The Morgan fingerprint density at radius 3 is 3.00 bits per heavy atom. The molecule has 0 fully saturated rings. The molecule has 2 N–H and O–H groups in total. The fourth-order valence-electron chi connectivity index (χ4n) is 1.25. The van der Waals surface area contributed by atoms with Gasteiger partial charge in [0.1, 0.15) is 5.02 Å². The summed E-state index contributed by atoms with van der Waals surface area (Å²) in [6.45, 7) is 2.08. The van der Waals surface area contributed by atoms with Gasteiger partial charge in [-0.15, -0.1) is 11.3 Å². The first-order valence-electron chi connectivity index (χ1n) is 4.21. The Kier molecular flexibility index (Phi) is 2.48. The van der Waals surface area contributed by atoms with Gasteiger partial charge in [-0.3, -0.25) is 0 Å². The predicted molar refractivity (Wildman–Crippen MR) is 58.6 cm³/mol. The Balaban J connectivity index is 2.54. The van der Waals surface area contributed by atoms with Crippen LogP contribution in [0.1, 0.15) is 12.5 Å². The molecule has 2 aromatic heterocycles. The van der Waals surface area contributed by atoms with Crippen molar-refractivity contribution in [1.29, 1.82) is 0 Å². The van der Waals surface area contributed by atoms with Crippen LogP contribution in [0.2, 0.25) is 5.02 Å². The van der Waals surface area contributed by atoms with Crippen molar-refractivity contribution in [3.05, 3.63) is 22.0 Å². The minimum Gasteiger partial charge on any atom is -0.380 e. The van der Waals surface area contributed by atoms with Gasteiger partial charge in [-0.05, 0) is 23.4 Å². The number of anilines is 1. The summed E-state index contributed by atoms with van der Waals surface area (Å²) in [6.07, 6.45) is 0.940. The van der Waals surface area contributed by atoms with Crippen LogP contribution in [0.3, 0.4) is 0 Å². The van der Waals surface area contributed by atoms with E-state index in [1.807, 2.05) is 5.38 Å². The second-order valence-corrected chi connectivity index (χ2v) is 4.13. The highest BCUT2D eigenvalue weighted by Gasteiger charge is 2.17. The number of nitrogens with zero attached hydrogens (tertiary/aromatic N) is 1. The Bertz CT molecular complexity index is 449. The van der Waals surface area contributed by atoms with Crippen LogP contribution in [0.25, 0.3) is 10.6 Å². The van der Waals surface area contributed by atoms with Crippen LogP contribution < -0.4 is 5.73 Å². The fraction of sp³-hybridized carbons (Fsp3) is 0.222. The summed E-state index contributed by atoms with van der Waals surface area (Å²) < 4.78 is 5.09. The van der Waals surface area contributed by atoms with Crippen LogP contribution in [0.5, 0.6) is 0 Å². The number of aryl methyl sites for hydroxylation is 1. The molecule has 3 nitrogen and oxygen atoms in total. The average molecular weight is 229 g/mol. The molecule has 74 valence electrons. The highest BCUT2D eigenvalue weighted by atomic mass is 35.5. The van der Waals surface area contributed by atoms with Gasteiger partial charge in [0.25, 0.3) is 0 Å². The lowest BCUT2D eigenvalue weighted by Crippen LogP contribution is -1.83. The molecule has 0 aromatic carbocycles. The third-order valence-corrected chi connectivity index (χ3v) is 3.31. The molecule has 0 aliphatic rings. The van der Waals surface area contributed by atoms with E-state index in [-0.39, 0.29) is 5.82 Å². The van der Waals surface area contributed by atoms with Crippen molar-refractivity contribution in [3.8, 4) is 10.6 Å². The number of aromatic nitrogens is 1. The lowest BCUT2D eigenvalue weighted by Gasteiger charge is -1.95. The summed E-state index contributed by atoms with van der Waals surface area (Å²) in [4.78, 5) is 1.02. The summed E-state index contributed by atoms with van der Waals surface area (Å²) >= 11 is 7.54. The summed E-state index contributed by atoms with van der Waals surface area (Å²) in [5.74, 6) is 0.827. The Hall–Kier alpha value is -1.00. The monoisotopic (exact) mass is 228 g/mol. The van der Waals surface area contributed by atoms with E-state index in [4.69, 9.17) is 21.9 Å². The topological polar surface area (TPSA) is 52.0 Å². The van der Waals surface area contributed by atoms with E-state index in [1.54, 1.807) is 11.3 Å². The van der Waals surface area contributed by atoms with Crippen LogP contribution >= 0.6 is 22.9 Å². The molecule has 0 atom stereocenters. The average Bonchev–Trinajstić information content (AvgIpc) is 2.75. The van der Waals surface area contributed by atoms with Gasteiger partial charge < -0.3 is 10.3 Å². The lowest BCUT2D eigenvalue weighted by atomic mass is 10.2. The van der Waals surface area contributed by atoms with Gasteiger partial charge in [0.2, 0.25) is 0 Å². The molecule has 0 aliphatic carbocycles. The molecule has 2 aromatic rings. The Labute approximate surface area is 90.5 Å². The second-order valence-electron chi connectivity index (χ2n) is 2.84. The van der Waals surface area contributed by atoms with E-state index in [9.17, 15) is 0 Å². The molecular formula is C9H9ClN2OS. The minimum absolute atomic E-state index is 0.247. The highest BCUT2D eigenvalue weighted by molar-refractivity contribution is 7.13. The number of hydrogen-bond donors (Lipinski definition) is 1. The van der Waals surface area contributed by atoms with Gasteiger partial charge in [0.15, 0.2) is 11.6 Å². The van der Waals surface area contributed by atoms with E-state index < -0.39 is 0 Å². The maximum Gasteiger partial charge on any atom is 0.197 e. The number of nitrogens with two attached hydrogens (primary N) is 1. The normalized spacial score (nSPS) is 10.7. The Morgan fingerprint density at radius 2 is 2.43 bits per heavy atom. The Morgan fingerprint density at radius 1 is 1.64 bits per heavy atom. The van der Waals surface area contributed by atoms with Gasteiger partial charge in [0, 0.05) is 0 Å². The SMILES string of the molecule is CCc1ccsc1-c1onc(N)c1Cl. The van der Waals surface area contributed by atoms with Gasteiger partial charge >= 0.3 is 0 Å². The first-order valence-corrected chi connectivity index (χ1v) is 5.47. The molecule has 2 heterocycles. The van der Waals surface area contributed by atoms with Gasteiger partial charge in [-0.1, -0.05) is 23.7 Å². The third kappa shape index (κ3) is 1.40. The van der Waals surface area contributed by atoms with Crippen molar-refractivity contribution < 1.29 is 4.52 Å². The van der Waals surface area contributed by atoms with Crippen LogP contribution in [0.4, 0.5) is 5.82 Å². The van der Waals surface area contributed by atoms with Crippen molar-refractivity contribution in [2.24, 2.45) is 0 Å². The minimum atomic E-state index is 0.247. The first kappa shape index (κ1) is 9.55. The van der Waals surface area contributed by atoms with E-state index >= 15 is 0 Å². The zero-order valence-electron chi connectivity index (χ0n) is 7.58. The van der Waals surface area contributed by atoms with Gasteiger partial charge in [-0.25, -0.2) is 0 Å². The molecule has 0 saturated carbocycles. The second kappa shape index (κ2) is 3.63. The molecule has 0 aliphatic heterocycles. The van der Waals surface area contributed by atoms with Crippen LogP contribution in [0, 0.1) is 0 Å². The number of thiophene rings is 1. The molecule has 0 saturated heterocycles. The maximum absolute atomic E-state index is 5.95.